The second-order valence-corrected chi connectivity index (χ2v) is 5.87. The Hall–Kier alpha value is -2.02. The van der Waals surface area contributed by atoms with E-state index in [1.54, 1.807) is 11.8 Å². The van der Waals surface area contributed by atoms with Crippen molar-refractivity contribution in [3.8, 4) is 0 Å². The van der Waals surface area contributed by atoms with Gasteiger partial charge < -0.3 is 15.5 Å². The summed E-state index contributed by atoms with van der Waals surface area (Å²) in [4.78, 5) is 37.0. The molecule has 1 rings (SSSR count). The fourth-order valence-electron chi connectivity index (χ4n) is 2.22. The summed E-state index contributed by atoms with van der Waals surface area (Å²) < 4.78 is 0. The Kier molecular flexibility index (Phi) is 9.69. The molecule has 0 unspecified atom stereocenters. The topological polar surface area (TPSA) is 78.5 Å². The third kappa shape index (κ3) is 7.60. The third-order valence-electron chi connectivity index (χ3n) is 3.77. The number of benzene rings is 1. The standard InChI is InChI=1S/C18H27N3O3S/c1-3-14-5-7-15(8-6-14)18(24)21(11-9-19-16(22)4-2)12-10-20-17(23)13-25/h5-8,25H,3-4,9-13H2,1-2H3,(H,19,22)(H,20,23). The average molecular weight is 365 g/mol. The lowest BCUT2D eigenvalue weighted by Gasteiger charge is -2.23. The summed E-state index contributed by atoms with van der Waals surface area (Å²) in [6.07, 6.45) is 1.32. The molecule has 7 heteroatoms. The fourth-order valence-corrected chi connectivity index (χ4v) is 2.33. The first kappa shape index (κ1) is 21.0. The van der Waals surface area contributed by atoms with E-state index in [0.29, 0.717) is 38.2 Å². The van der Waals surface area contributed by atoms with Crippen molar-refractivity contribution < 1.29 is 14.4 Å². The van der Waals surface area contributed by atoms with Gasteiger partial charge in [0.1, 0.15) is 0 Å². The molecule has 0 saturated heterocycles. The molecule has 0 saturated carbocycles. The molecule has 0 radical (unpaired) electrons. The zero-order chi connectivity index (χ0) is 18.7. The summed E-state index contributed by atoms with van der Waals surface area (Å²) in [6, 6.07) is 7.50. The maximum atomic E-state index is 12.7. The van der Waals surface area contributed by atoms with E-state index in [-0.39, 0.29) is 23.5 Å². The van der Waals surface area contributed by atoms with Gasteiger partial charge in [0.25, 0.3) is 5.91 Å². The Bertz CT molecular complexity index is 553. The van der Waals surface area contributed by atoms with Gasteiger partial charge in [-0.05, 0) is 24.1 Å². The molecule has 0 aromatic heterocycles. The normalized spacial score (nSPS) is 10.2. The summed E-state index contributed by atoms with van der Waals surface area (Å²) in [5.74, 6) is -0.238. The van der Waals surface area contributed by atoms with Crippen LogP contribution >= 0.6 is 12.6 Å². The van der Waals surface area contributed by atoms with Crippen LogP contribution in [0.3, 0.4) is 0 Å². The number of aryl methyl sites for hydroxylation is 1. The van der Waals surface area contributed by atoms with Gasteiger partial charge in [-0.1, -0.05) is 26.0 Å². The molecule has 0 fully saturated rings. The van der Waals surface area contributed by atoms with Gasteiger partial charge >= 0.3 is 0 Å². The highest BCUT2D eigenvalue weighted by molar-refractivity contribution is 7.81. The van der Waals surface area contributed by atoms with E-state index < -0.39 is 0 Å². The molecule has 1 aromatic carbocycles. The molecule has 138 valence electrons. The SMILES string of the molecule is CCC(=O)NCCN(CCNC(=O)CS)C(=O)c1ccc(CC)cc1. The molecule has 0 atom stereocenters. The van der Waals surface area contributed by atoms with E-state index in [1.165, 1.54) is 5.56 Å². The zero-order valence-corrected chi connectivity index (χ0v) is 15.8. The molecule has 3 amide bonds. The fraction of sp³-hybridized carbons (Fsp3) is 0.500. The minimum Gasteiger partial charge on any atom is -0.354 e. The minimum atomic E-state index is -0.178. The van der Waals surface area contributed by atoms with Gasteiger partial charge in [-0.25, -0.2) is 0 Å². The van der Waals surface area contributed by atoms with Crippen molar-refractivity contribution in [2.45, 2.75) is 26.7 Å². The van der Waals surface area contributed by atoms with E-state index in [0.717, 1.165) is 6.42 Å². The van der Waals surface area contributed by atoms with Crippen LogP contribution in [0.5, 0.6) is 0 Å². The van der Waals surface area contributed by atoms with Gasteiger partial charge in [0.15, 0.2) is 0 Å². The van der Waals surface area contributed by atoms with Crippen LogP contribution in [0, 0.1) is 0 Å². The smallest absolute Gasteiger partial charge is 0.253 e. The minimum absolute atomic E-state index is 0.0527. The van der Waals surface area contributed by atoms with Gasteiger partial charge in [0.2, 0.25) is 11.8 Å². The van der Waals surface area contributed by atoms with Gasteiger partial charge in [0.05, 0.1) is 5.75 Å². The van der Waals surface area contributed by atoms with Crippen molar-refractivity contribution in [1.82, 2.24) is 15.5 Å². The van der Waals surface area contributed by atoms with Crippen LogP contribution in [0.15, 0.2) is 24.3 Å². The Morgan fingerprint density at radius 3 is 2.00 bits per heavy atom. The van der Waals surface area contributed by atoms with Crippen LogP contribution in [0.1, 0.15) is 36.2 Å². The van der Waals surface area contributed by atoms with Gasteiger partial charge in [-0.15, -0.1) is 0 Å². The van der Waals surface area contributed by atoms with Crippen LogP contribution in [0.2, 0.25) is 0 Å². The third-order valence-corrected chi connectivity index (χ3v) is 4.06. The molecular formula is C18H27N3O3S. The van der Waals surface area contributed by atoms with Crippen LogP contribution in [0.25, 0.3) is 0 Å². The van der Waals surface area contributed by atoms with Crippen LogP contribution in [0.4, 0.5) is 0 Å². The summed E-state index contributed by atoms with van der Waals surface area (Å²) in [6.45, 7) is 5.32. The van der Waals surface area contributed by atoms with Crippen molar-refractivity contribution in [1.29, 1.82) is 0 Å². The quantitative estimate of drug-likeness (QED) is 0.546. The highest BCUT2D eigenvalue weighted by Crippen LogP contribution is 2.08. The van der Waals surface area contributed by atoms with Gasteiger partial charge in [-0.2, -0.15) is 12.6 Å². The van der Waals surface area contributed by atoms with Crippen molar-refractivity contribution in [3.05, 3.63) is 35.4 Å². The molecule has 0 aliphatic heterocycles. The first-order chi connectivity index (χ1) is 12.0. The largest absolute Gasteiger partial charge is 0.354 e. The number of hydrogen-bond donors (Lipinski definition) is 3. The summed E-state index contributed by atoms with van der Waals surface area (Å²) in [5.41, 5.74) is 1.76. The number of amides is 3. The van der Waals surface area contributed by atoms with E-state index >= 15 is 0 Å². The lowest BCUT2D eigenvalue weighted by Crippen LogP contribution is -2.42. The Morgan fingerprint density at radius 1 is 0.960 bits per heavy atom. The highest BCUT2D eigenvalue weighted by Gasteiger charge is 2.16. The summed E-state index contributed by atoms with van der Waals surface area (Å²) >= 11 is 3.91. The highest BCUT2D eigenvalue weighted by atomic mass is 32.1. The van der Waals surface area contributed by atoms with Crippen LogP contribution in [-0.2, 0) is 16.0 Å². The van der Waals surface area contributed by atoms with E-state index in [1.807, 2.05) is 24.3 Å². The number of carbonyl (C=O) groups is 3. The molecule has 25 heavy (non-hydrogen) atoms. The number of nitrogens with zero attached hydrogens (tertiary/aromatic N) is 1. The van der Waals surface area contributed by atoms with Crippen molar-refractivity contribution in [2.75, 3.05) is 31.9 Å². The predicted octanol–water partition coefficient (Wildman–Crippen LogP) is 1.26. The van der Waals surface area contributed by atoms with E-state index in [9.17, 15) is 14.4 Å². The van der Waals surface area contributed by atoms with Crippen molar-refractivity contribution in [3.63, 3.8) is 0 Å². The number of nitrogens with one attached hydrogen (secondary N) is 2. The molecule has 0 heterocycles. The first-order valence-electron chi connectivity index (χ1n) is 8.54. The molecule has 0 bridgehead atoms. The Labute approximate surface area is 154 Å². The van der Waals surface area contributed by atoms with Crippen molar-refractivity contribution >= 4 is 30.4 Å². The monoisotopic (exact) mass is 365 g/mol. The second-order valence-electron chi connectivity index (χ2n) is 5.55. The maximum Gasteiger partial charge on any atom is 0.253 e. The molecular weight excluding hydrogens is 338 g/mol. The molecule has 6 nitrogen and oxygen atoms in total. The van der Waals surface area contributed by atoms with Gasteiger partial charge in [0, 0.05) is 38.2 Å². The molecule has 2 N–H and O–H groups in total. The van der Waals surface area contributed by atoms with Gasteiger partial charge in [-0.3, -0.25) is 14.4 Å². The van der Waals surface area contributed by atoms with E-state index in [4.69, 9.17) is 0 Å². The summed E-state index contributed by atoms with van der Waals surface area (Å²) in [5, 5.41) is 5.47. The molecule has 0 spiro atoms. The Balaban J connectivity index is 2.70. The number of carbonyl (C=O) groups excluding carboxylic acids is 3. The summed E-state index contributed by atoms with van der Waals surface area (Å²) in [7, 11) is 0. The number of hydrogen-bond acceptors (Lipinski definition) is 4. The lowest BCUT2D eigenvalue weighted by molar-refractivity contribution is -0.120. The Morgan fingerprint density at radius 2 is 1.52 bits per heavy atom. The zero-order valence-electron chi connectivity index (χ0n) is 14.9. The van der Waals surface area contributed by atoms with Crippen LogP contribution in [-0.4, -0.2) is 54.6 Å². The second kappa shape index (κ2) is 11.5. The van der Waals surface area contributed by atoms with Crippen molar-refractivity contribution in [2.24, 2.45) is 0 Å². The average Bonchev–Trinajstić information content (AvgIpc) is 2.65. The molecule has 0 aliphatic carbocycles. The first-order valence-corrected chi connectivity index (χ1v) is 9.17. The number of rotatable bonds is 10. The molecule has 1 aromatic rings. The predicted molar refractivity (Wildman–Crippen MR) is 102 cm³/mol. The lowest BCUT2D eigenvalue weighted by atomic mass is 10.1. The number of thiol groups is 1. The van der Waals surface area contributed by atoms with E-state index in [2.05, 4.69) is 30.2 Å². The maximum absolute atomic E-state index is 12.7. The van der Waals surface area contributed by atoms with Crippen LogP contribution < -0.4 is 10.6 Å². The molecule has 0 aliphatic rings.